The van der Waals surface area contributed by atoms with Crippen LogP contribution in [-0.4, -0.2) is 35.0 Å². The molecule has 0 saturated heterocycles. The summed E-state index contributed by atoms with van der Waals surface area (Å²) in [6.45, 7) is 12.4. The van der Waals surface area contributed by atoms with Gasteiger partial charge in [0.15, 0.2) is 0 Å². The molecule has 0 aliphatic rings. The van der Waals surface area contributed by atoms with Gasteiger partial charge in [-0.15, -0.1) is 0 Å². The van der Waals surface area contributed by atoms with E-state index in [4.69, 9.17) is 9.47 Å². The molecule has 0 rings (SSSR count). The van der Waals surface area contributed by atoms with E-state index >= 15 is 0 Å². The second kappa shape index (κ2) is 11.0. The third kappa shape index (κ3) is 8.06. The Morgan fingerprint density at radius 1 is 1.04 bits per heavy atom. The summed E-state index contributed by atoms with van der Waals surface area (Å²) in [7, 11) is 0. The third-order valence-corrected chi connectivity index (χ3v) is 4.53. The lowest BCUT2D eigenvalue weighted by Crippen LogP contribution is -2.53. The first kappa shape index (κ1) is 24.2. The molecule has 7 heteroatoms. The summed E-state index contributed by atoms with van der Waals surface area (Å²) in [5.41, 5.74) is -1.44. The van der Waals surface area contributed by atoms with Crippen molar-refractivity contribution < 1.29 is 29.0 Å². The molecular weight excluding hydrogens is 338 g/mol. The van der Waals surface area contributed by atoms with Gasteiger partial charge in [-0.25, -0.2) is 9.59 Å². The SMILES string of the molecule is CCC(CC)CC[C@](C)(NC(=O)O[C@@H](OC(=O)C(C)C)C(C)C)C(=O)O. The minimum atomic E-state index is -1.44. The second-order valence-electron chi connectivity index (χ2n) is 7.59. The van der Waals surface area contributed by atoms with Gasteiger partial charge in [0.05, 0.1) is 5.92 Å². The maximum absolute atomic E-state index is 12.2. The van der Waals surface area contributed by atoms with Crippen LogP contribution in [0.1, 0.15) is 74.1 Å². The molecule has 0 aliphatic carbocycles. The van der Waals surface area contributed by atoms with E-state index in [1.807, 2.05) is 0 Å². The fourth-order valence-electron chi connectivity index (χ4n) is 2.32. The summed E-state index contributed by atoms with van der Waals surface area (Å²) < 4.78 is 10.4. The molecule has 1 amide bonds. The molecule has 0 saturated carbocycles. The average molecular weight is 373 g/mol. The largest absolute Gasteiger partial charge is 0.480 e. The number of nitrogens with one attached hydrogen (secondary N) is 1. The summed E-state index contributed by atoms with van der Waals surface area (Å²) in [4.78, 5) is 35.7. The van der Waals surface area contributed by atoms with E-state index in [0.717, 1.165) is 12.8 Å². The van der Waals surface area contributed by atoms with Crippen LogP contribution < -0.4 is 5.32 Å². The molecule has 0 unspecified atom stereocenters. The maximum atomic E-state index is 12.2. The molecule has 0 bridgehead atoms. The minimum Gasteiger partial charge on any atom is -0.480 e. The Kier molecular flexibility index (Phi) is 10.3. The van der Waals surface area contributed by atoms with Gasteiger partial charge >= 0.3 is 18.0 Å². The Labute approximate surface area is 156 Å². The summed E-state index contributed by atoms with van der Waals surface area (Å²) in [6, 6.07) is 0. The van der Waals surface area contributed by atoms with E-state index in [-0.39, 0.29) is 11.8 Å². The second-order valence-corrected chi connectivity index (χ2v) is 7.59. The predicted molar refractivity (Wildman–Crippen MR) is 98.5 cm³/mol. The number of carboxylic acids is 1. The number of amides is 1. The van der Waals surface area contributed by atoms with E-state index in [0.29, 0.717) is 18.8 Å². The highest BCUT2D eigenvalue weighted by molar-refractivity contribution is 5.84. The van der Waals surface area contributed by atoms with Crippen LogP contribution in [0.25, 0.3) is 0 Å². The van der Waals surface area contributed by atoms with Crippen LogP contribution in [0.3, 0.4) is 0 Å². The molecule has 0 fully saturated rings. The van der Waals surface area contributed by atoms with Crippen LogP contribution in [0, 0.1) is 17.8 Å². The maximum Gasteiger partial charge on any atom is 0.411 e. The summed E-state index contributed by atoms with van der Waals surface area (Å²) in [5.74, 6) is -1.81. The van der Waals surface area contributed by atoms with Gasteiger partial charge in [-0.2, -0.15) is 0 Å². The van der Waals surface area contributed by atoms with Gasteiger partial charge in [0.25, 0.3) is 6.29 Å². The number of rotatable bonds is 11. The first-order valence-corrected chi connectivity index (χ1v) is 9.39. The fraction of sp³-hybridized carbons (Fsp3) is 0.842. The van der Waals surface area contributed by atoms with Crippen LogP contribution >= 0.6 is 0 Å². The Hall–Kier alpha value is -1.79. The van der Waals surface area contributed by atoms with Crippen LogP contribution in [0.15, 0.2) is 0 Å². The minimum absolute atomic E-state index is 0.260. The molecule has 0 aromatic carbocycles. The molecule has 0 heterocycles. The quantitative estimate of drug-likeness (QED) is 0.420. The number of hydrogen-bond acceptors (Lipinski definition) is 5. The standard InChI is InChI=1S/C19H35NO6/c1-8-14(9-2)10-11-19(7,17(22)23)20-18(24)26-16(13(5)6)25-15(21)12(3)4/h12-14,16H,8-11H2,1-7H3,(H,20,24)(H,22,23)/t16-,19+/m1/s1. The van der Waals surface area contributed by atoms with Crippen LogP contribution in [0.2, 0.25) is 0 Å². The summed E-state index contributed by atoms with van der Waals surface area (Å²) in [6.07, 6.45) is 0.916. The highest BCUT2D eigenvalue weighted by Crippen LogP contribution is 2.22. The number of hydrogen-bond donors (Lipinski definition) is 2. The molecule has 0 aliphatic heterocycles. The first-order chi connectivity index (χ1) is 12.0. The van der Waals surface area contributed by atoms with Gasteiger partial charge in [0.2, 0.25) is 0 Å². The molecule has 2 atom stereocenters. The number of aliphatic carboxylic acids is 1. The van der Waals surface area contributed by atoms with E-state index in [1.54, 1.807) is 27.7 Å². The molecule has 152 valence electrons. The van der Waals surface area contributed by atoms with Crippen LogP contribution in [0.4, 0.5) is 4.79 Å². The Morgan fingerprint density at radius 2 is 1.58 bits per heavy atom. The van der Waals surface area contributed by atoms with Crippen molar-refractivity contribution in [2.45, 2.75) is 86.0 Å². The van der Waals surface area contributed by atoms with E-state index in [2.05, 4.69) is 19.2 Å². The zero-order chi connectivity index (χ0) is 20.5. The number of ether oxygens (including phenoxy) is 2. The van der Waals surface area contributed by atoms with Crippen molar-refractivity contribution in [3.8, 4) is 0 Å². The first-order valence-electron chi connectivity index (χ1n) is 9.39. The van der Waals surface area contributed by atoms with Crippen molar-refractivity contribution in [1.29, 1.82) is 0 Å². The van der Waals surface area contributed by atoms with Gasteiger partial charge in [0, 0.05) is 5.92 Å². The highest BCUT2D eigenvalue weighted by atomic mass is 16.7. The fourth-order valence-corrected chi connectivity index (χ4v) is 2.32. The van der Waals surface area contributed by atoms with E-state index in [1.165, 1.54) is 6.92 Å². The predicted octanol–water partition coefficient (Wildman–Crippen LogP) is 3.95. The van der Waals surface area contributed by atoms with Crippen molar-refractivity contribution >= 4 is 18.0 Å². The monoisotopic (exact) mass is 373 g/mol. The van der Waals surface area contributed by atoms with Crippen molar-refractivity contribution in [3.63, 3.8) is 0 Å². The van der Waals surface area contributed by atoms with Crippen molar-refractivity contribution in [3.05, 3.63) is 0 Å². The lowest BCUT2D eigenvalue weighted by atomic mass is 9.88. The summed E-state index contributed by atoms with van der Waals surface area (Å²) in [5, 5.41) is 12.0. The molecule has 26 heavy (non-hydrogen) atoms. The van der Waals surface area contributed by atoms with Gasteiger partial charge in [-0.1, -0.05) is 54.4 Å². The average Bonchev–Trinajstić information content (AvgIpc) is 2.54. The molecule has 0 aromatic rings. The zero-order valence-corrected chi connectivity index (χ0v) is 17.1. The van der Waals surface area contributed by atoms with E-state index in [9.17, 15) is 19.5 Å². The van der Waals surface area contributed by atoms with Gasteiger partial charge in [-0.3, -0.25) is 4.79 Å². The topological polar surface area (TPSA) is 102 Å². The van der Waals surface area contributed by atoms with Crippen LogP contribution in [0.5, 0.6) is 0 Å². The zero-order valence-electron chi connectivity index (χ0n) is 17.1. The number of esters is 1. The molecule has 7 nitrogen and oxygen atoms in total. The van der Waals surface area contributed by atoms with Crippen LogP contribution in [-0.2, 0) is 19.1 Å². The van der Waals surface area contributed by atoms with Crippen molar-refractivity contribution in [2.24, 2.45) is 17.8 Å². The smallest absolute Gasteiger partial charge is 0.411 e. The Balaban J connectivity index is 4.96. The number of carboxylic acid groups (broad SMARTS) is 1. The third-order valence-electron chi connectivity index (χ3n) is 4.53. The summed E-state index contributed by atoms with van der Waals surface area (Å²) >= 11 is 0. The number of carbonyl (C=O) groups is 3. The van der Waals surface area contributed by atoms with Gasteiger partial charge < -0.3 is 19.9 Å². The number of carbonyl (C=O) groups excluding carboxylic acids is 2. The Bertz CT molecular complexity index is 473. The highest BCUT2D eigenvalue weighted by Gasteiger charge is 2.37. The van der Waals surface area contributed by atoms with Gasteiger partial charge in [0.1, 0.15) is 5.54 Å². The lowest BCUT2D eigenvalue weighted by Gasteiger charge is -2.29. The van der Waals surface area contributed by atoms with E-state index < -0.39 is 29.9 Å². The Morgan fingerprint density at radius 3 is 1.96 bits per heavy atom. The molecule has 0 radical (unpaired) electrons. The molecule has 2 N–H and O–H groups in total. The normalized spacial score (nSPS) is 14.8. The van der Waals surface area contributed by atoms with Gasteiger partial charge in [-0.05, 0) is 25.7 Å². The van der Waals surface area contributed by atoms with Crippen molar-refractivity contribution in [2.75, 3.05) is 0 Å². The molecular formula is C19H35NO6. The lowest BCUT2D eigenvalue weighted by molar-refractivity contribution is -0.179. The molecule has 0 aromatic heterocycles. The molecule has 0 spiro atoms. The number of alkyl carbamates (subject to hydrolysis) is 1. The van der Waals surface area contributed by atoms with Crippen molar-refractivity contribution in [1.82, 2.24) is 5.32 Å².